The van der Waals surface area contributed by atoms with Gasteiger partial charge < -0.3 is 5.32 Å². The quantitative estimate of drug-likeness (QED) is 0.659. The van der Waals surface area contributed by atoms with Crippen LogP contribution in [0.5, 0.6) is 0 Å². The molecule has 1 fully saturated rings. The molecule has 1 aromatic rings. The first kappa shape index (κ1) is 13.8. The molecule has 1 aliphatic rings. The number of rotatable bonds is 4. The Hall–Kier alpha value is -1.58. The van der Waals surface area contributed by atoms with Crippen LogP contribution >= 0.6 is 0 Å². The summed E-state index contributed by atoms with van der Waals surface area (Å²) in [5.74, 6) is 0.596. The van der Waals surface area contributed by atoms with Gasteiger partial charge in [-0.2, -0.15) is 0 Å². The van der Waals surface area contributed by atoms with Crippen LogP contribution < -0.4 is 5.32 Å². The molecular weight excluding hydrogens is 240 g/mol. The molecule has 19 heavy (non-hydrogen) atoms. The van der Waals surface area contributed by atoms with Gasteiger partial charge in [-0.05, 0) is 29.2 Å². The normalized spacial score (nSPS) is 20.1. The zero-order valence-corrected chi connectivity index (χ0v) is 12.3. The van der Waals surface area contributed by atoms with Crippen molar-refractivity contribution in [1.82, 2.24) is 0 Å². The fourth-order valence-electron chi connectivity index (χ4n) is 2.97. The van der Waals surface area contributed by atoms with Gasteiger partial charge in [-0.25, -0.2) is 0 Å². The first-order valence-corrected chi connectivity index (χ1v) is 6.67. The molecule has 0 aliphatic heterocycles. The zero-order valence-electron chi connectivity index (χ0n) is 12.3. The SMILES string of the molecule is Cc1ccc([N+](=O)[O-])cc1NCC1C(C)(C)C1(C)C. The number of hydrogen-bond donors (Lipinski definition) is 1. The molecule has 0 unspecified atom stereocenters. The van der Waals surface area contributed by atoms with Crippen molar-refractivity contribution in [3.05, 3.63) is 33.9 Å². The highest BCUT2D eigenvalue weighted by Crippen LogP contribution is 2.68. The van der Waals surface area contributed by atoms with Gasteiger partial charge in [0.2, 0.25) is 0 Å². The Bertz CT molecular complexity index is 507. The molecule has 0 aromatic heterocycles. The molecule has 0 radical (unpaired) electrons. The molecule has 1 aliphatic carbocycles. The van der Waals surface area contributed by atoms with E-state index < -0.39 is 0 Å². The van der Waals surface area contributed by atoms with Gasteiger partial charge in [0.05, 0.1) is 4.92 Å². The van der Waals surface area contributed by atoms with E-state index >= 15 is 0 Å². The Morgan fingerprint density at radius 3 is 2.32 bits per heavy atom. The van der Waals surface area contributed by atoms with Crippen LogP contribution in [0.4, 0.5) is 11.4 Å². The zero-order chi connectivity index (χ0) is 14.4. The molecule has 104 valence electrons. The van der Waals surface area contributed by atoms with E-state index in [0.717, 1.165) is 17.8 Å². The Balaban J connectivity index is 2.09. The van der Waals surface area contributed by atoms with E-state index in [1.807, 2.05) is 6.92 Å². The Morgan fingerprint density at radius 1 is 1.26 bits per heavy atom. The number of non-ortho nitro benzene ring substituents is 1. The maximum atomic E-state index is 10.8. The molecule has 0 bridgehead atoms. The molecule has 4 nitrogen and oxygen atoms in total. The van der Waals surface area contributed by atoms with Crippen molar-refractivity contribution in [1.29, 1.82) is 0 Å². The topological polar surface area (TPSA) is 55.2 Å². The summed E-state index contributed by atoms with van der Waals surface area (Å²) in [6.45, 7) is 11.9. The smallest absolute Gasteiger partial charge is 0.271 e. The summed E-state index contributed by atoms with van der Waals surface area (Å²) in [5.41, 5.74) is 2.71. The Kier molecular flexibility index (Phi) is 3.07. The lowest BCUT2D eigenvalue weighted by atomic mass is 10.0. The summed E-state index contributed by atoms with van der Waals surface area (Å²) in [4.78, 5) is 10.4. The van der Waals surface area contributed by atoms with Crippen molar-refractivity contribution in [2.75, 3.05) is 11.9 Å². The van der Waals surface area contributed by atoms with E-state index in [9.17, 15) is 10.1 Å². The van der Waals surface area contributed by atoms with Crippen LogP contribution in [0.25, 0.3) is 0 Å². The van der Waals surface area contributed by atoms with Crippen molar-refractivity contribution >= 4 is 11.4 Å². The lowest BCUT2D eigenvalue weighted by molar-refractivity contribution is -0.384. The predicted octanol–water partition coefficient (Wildman–Crippen LogP) is 4.00. The van der Waals surface area contributed by atoms with E-state index in [-0.39, 0.29) is 10.6 Å². The van der Waals surface area contributed by atoms with E-state index in [0.29, 0.717) is 16.7 Å². The highest BCUT2D eigenvalue weighted by Gasteiger charge is 2.64. The van der Waals surface area contributed by atoms with Crippen LogP contribution in [0.1, 0.15) is 33.3 Å². The van der Waals surface area contributed by atoms with Gasteiger partial charge >= 0.3 is 0 Å². The number of hydrogen-bond acceptors (Lipinski definition) is 3. The van der Waals surface area contributed by atoms with Crippen molar-refractivity contribution < 1.29 is 4.92 Å². The maximum Gasteiger partial charge on any atom is 0.271 e. The van der Waals surface area contributed by atoms with E-state index in [1.54, 1.807) is 18.2 Å². The van der Waals surface area contributed by atoms with Crippen molar-refractivity contribution in [3.8, 4) is 0 Å². The molecule has 0 saturated heterocycles. The van der Waals surface area contributed by atoms with Crippen LogP contribution in [-0.2, 0) is 0 Å². The number of aryl methyl sites for hydroxylation is 1. The third kappa shape index (κ3) is 2.20. The van der Waals surface area contributed by atoms with Crippen molar-refractivity contribution in [2.45, 2.75) is 34.6 Å². The van der Waals surface area contributed by atoms with Gasteiger partial charge in [-0.15, -0.1) is 0 Å². The Morgan fingerprint density at radius 2 is 1.84 bits per heavy atom. The molecule has 0 heterocycles. The molecule has 2 rings (SSSR count). The number of anilines is 1. The lowest BCUT2D eigenvalue weighted by Crippen LogP contribution is -2.09. The van der Waals surface area contributed by atoms with Gasteiger partial charge in [0.1, 0.15) is 0 Å². The highest BCUT2D eigenvalue weighted by atomic mass is 16.6. The third-order valence-electron chi connectivity index (χ3n) is 5.25. The summed E-state index contributed by atoms with van der Waals surface area (Å²) < 4.78 is 0. The molecule has 1 aromatic carbocycles. The fourth-order valence-corrected chi connectivity index (χ4v) is 2.97. The molecular formula is C15H22N2O2. The second-order valence-electron chi connectivity index (χ2n) is 6.63. The summed E-state index contributed by atoms with van der Waals surface area (Å²) >= 11 is 0. The second-order valence-corrected chi connectivity index (χ2v) is 6.63. The van der Waals surface area contributed by atoms with Crippen LogP contribution in [0.3, 0.4) is 0 Å². The fraction of sp³-hybridized carbons (Fsp3) is 0.600. The third-order valence-corrected chi connectivity index (χ3v) is 5.25. The van der Waals surface area contributed by atoms with Crippen LogP contribution in [0.2, 0.25) is 0 Å². The maximum absolute atomic E-state index is 10.8. The molecule has 0 atom stereocenters. The van der Waals surface area contributed by atoms with Crippen LogP contribution in [0.15, 0.2) is 18.2 Å². The second kappa shape index (κ2) is 4.22. The number of nitro groups is 1. The molecule has 4 heteroatoms. The monoisotopic (exact) mass is 262 g/mol. The predicted molar refractivity (Wildman–Crippen MR) is 77.4 cm³/mol. The average molecular weight is 262 g/mol. The minimum Gasteiger partial charge on any atom is -0.384 e. The van der Waals surface area contributed by atoms with Gasteiger partial charge in [0.15, 0.2) is 0 Å². The van der Waals surface area contributed by atoms with E-state index in [4.69, 9.17) is 0 Å². The number of benzene rings is 1. The first-order chi connectivity index (χ1) is 8.68. The average Bonchev–Trinajstić information content (AvgIpc) is 2.68. The molecule has 0 spiro atoms. The molecule has 0 amide bonds. The van der Waals surface area contributed by atoms with Gasteiger partial charge in [-0.1, -0.05) is 33.8 Å². The standard InChI is InChI=1S/C15H22N2O2/c1-10-6-7-11(17(18)19)8-12(10)16-9-13-14(2,3)15(13,4)5/h6-8,13,16H,9H2,1-5H3. The van der Waals surface area contributed by atoms with Crippen LogP contribution in [0, 0.1) is 33.8 Å². The largest absolute Gasteiger partial charge is 0.384 e. The molecule has 1 N–H and O–H groups in total. The number of nitrogens with one attached hydrogen (secondary N) is 1. The summed E-state index contributed by atoms with van der Waals surface area (Å²) in [7, 11) is 0. The lowest BCUT2D eigenvalue weighted by Gasteiger charge is -2.10. The minimum absolute atomic E-state index is 0.141. The van der Waals surface area contributed by atoms with Gasteiger partial charge in [0, 0.05) is 24.4 Å². The number of nitro benzene ring substituents is 1. The van der Waals surface area contributed by atoms with Crippen molar-refractivity contribution in [3.63, 3.8) is 0 Å². The summed E-state index contributed by atoms with van der Waals surface area (Å²) in [6, 6.07) is 4.97. The summed E-state index contributed by atoms with van der Waals surface area (Å²) in [6.07, 6.45) is 0. The van der Waals surface area contributed by atoms with E-state index in [1.165, 1.54) is 0 Å². The molecule has 1 saturated carbocycles. The summed E-state index contributed by atoms with van der Waals surface area (Å²) in [5, 5.41) is 14.2. The highest BCUT2D eigenvalue weighted by molar-refractivity contribution is 5.57. The van der Waals surface area contributed by atoms with Gasteiger partial charge in [-0.3, -0.25) is 10.1 Å². The minimum atomic E-state index is -0.352. The van der Waals surface area contributed by atoms with E-state index in [2.05, 4.69) is 33.0 Å². The van der Waals surface area contributed by atoms with Gasteiger partial charge in [0.25, 0.3) is 5.69 Å². The number of nitrogens with zero attached hydrogens (tertiary/aromatic N) is 1. The first-order valence-electron chi connectivity index (χ1n) is 6.67. The van der Waals surface area contributed by atoms with Crippen LogP contribution in [-0.4, -0.2) is 11.5 Å². The van der Waals surface area contributed by atoms with Crippen molar-refractivity contribution in [2.24, 2.45) is 16.7 Å². The Labute approximate surface area is 114 Å².